The maximum Gasteiger partial charge on any atom is 0.228 e. The van der Waals surface area contributed by atoms with Gasteiger partial charge in [-0.05, 0) is 49.9 Å². The summed E-state index contributed by atoms with van der Waals surface area (Å²) in [5, 5.41) is 21.6. The van der Waals surface area contributed by atoms with Gasteiger partial charge in [-0.25, -0.2) is 0 Å². The van der Waals surface area contributed by atoms with Gasteiger partial charge in [0.25, 0.3) is 0 Å². The Bertz CT molecular complexity index is 640. The molecule has 0 heterocycles. The summed E-state index contributed by atoms with van der Waals surface area (Å²) in [6, 6.07) is 6.85. The monoisotopic (exact) mass is 394 g/mol. The average molecular weight is 395 g/mol. The van der Waals surface area contributed by atoms with Crippen molar-refractivity contribution in [3.05, 3.63) is 41.4 Å². The number of carbonyl (C=O) groups excluding carboxylic acids is 2. The van der Waals surface area contributed by atoms with Crippen LogP contribution >= 0.6 is 11.6 Å². The first-order valence-electron chi connectivity index (χ1n) is 9.28. The highest BCUT2D eigenvalue weighted by molar-refractivity contribution is 6.30. The van der Waals surface area contributed by atoms with Crippen molar-refractivity contribution in [2.75, 3.05) is 31.6 Å². The molecule has 0 aromatic heterocycles. The summed E-state index contributed by atoms with van der Waals surface area (Å²) in [6.07, 6.45) is 5.82. The number of hydrogen-bond acceptors (Lipinski definition) is 4. The number of benzene rings is 1. The molecule has 0 bridgehead atoms. The first kappa shape index (κ1) is 21.4. The minimum atomic E-state index is -0.455. The summed E-state index contributed by atoms with van der Waals surface area (Å²) in [4.78, 5) is 27.5. The Labute approximate surface area is 164 Å². The van der Waals surface area contributed by atoms with Crippen LogP contribution in [0, 0.1) is 11.8 Å². The molecule has 2 unspecified atom stereocenters. The minimum absolute atomic E-state index is 0.00600. The number of nitrogens with zero attached hydrogens (tertiary/aromatic N) is 1. The van der Waals surface area contributed by atoms with Crippen LogP contribution in [0.2, 0.25) is 5.02 Å². The zero-order chi connectivity index (χ0) is 19.6. The summed E-state index contributed by atoms with van der Waals surface area (Å²) >= 11 is 5.87. The van der Waals surface area contributed by atoms with Gasteiger partial charge >= 0.3 is 0 Å². The molecule has 2 rings (SSSR count). The normalized spacial score (nSPS) is 18.9. The standard InChI is InChI=1S/C20H27ClN2O4/c21-15-7-9-16(10-8-15)22-19(26)17-5-1-2-6-18(17)20(27)23(11-3-13-24)12-4-14-25/h1-2,7-10,17-18,24-25H,3-6,11-14H2,(H,22,26). The van der Waals surface area contributed by atoms with E-state index in [1.165, 1.54) is 0 Å². The molecule has 1 aliphatic rings. The van der Waals surface area contributed by atoms with Crippen LogP contribution in [0.4, 0.5) is 5.69 Å². The zero-order valence-corrected chi connectivity index (χ0v) is 16.1. The molecule has 1 aromatic rings. The summed E-state index contributed by atoms with van der Waals surface area (Å²) < 4.78 is 0. The minimum Gasteiger partial charge on any atom is -0.396 e. The van der Waals surface area contributed by atoms with Crippen LogP contribution in [0.3, 0.4) is 0 Å². The average Bonchev–Trinajstić information content (AvgIpc) is 2.69. The highest BCUT2D eigenvalue weighted by atomic mass is 35.5. The van der Waals surface area contributed by atoms with Crippen molar-refractivity contribution in [2.45, 2.75) is 25.7 Å². The predicted molar refractivity (Wildman–Crippen MR) is 105 cm³/mol. The van der Waals surface area contributed by atoms with Gasteiger partial charge in [-0.15, -0.1) is 0 Å². The molecule has 2 amide bonds. The Morgan fingerprint density at radius 2 is 1.56 bits per heavy atom. The van der Waals surface area contributed by atoms with E-state index < -0.39 is 11.8 Å². The molecule has 148 valence electrons. The Kier molecular flexibility index (Phi) is 8.78. The van der Waals surface area contributed by atoms with Crippen LogP contribution in [-0.4, -0.2) is 53.2 Å². The molecule has 7 heteroatoms. The van der Waals surface area contributed by atoms with Crippen molar-refractivity contribution < 1.29 is 19.8 Å². The van der Waals surface area contributed by atoms with E-state index >= 15 is 0 Å². The van der Waals surface area contributed by atoms with E-state index in [1.807, 2.05) is 12.2 Å². The van der Waals surface area contributed by atoms with Crippen LogP contribution in [0.5, 0.6) is 0 Å². The number of rotatable bonds is 9. The van der Waals surface area contributed by atoms with Crippen LogP contribution in [-0.2, 0) is 9.59 Å². The van der Waals surface area contributed by atoms with E-state index in [-0.39, 0.29) is 25.0 Å². The maximum atomic E-state index is 13.1. The number of nitrogens with one attached hydrogen (secondary N) is 1. The van der Waals surface area contributed by atoms with E-state index in [0.29, 0.717) is 49.5 Å². The van der Waals surface area contributed by atoms with Gasteiger partial charge in [-0.2, -0.15) is 0 Å². The lowest BCUT2D eigenvalue weighted by molar-refractivity contribution is -0.141. The lowest BCUT2D eigenvalue weighted by Crippen LogP contribution is -2.44. The maximum absolute atomic E-state index is 13.1. The molecular formula is C20H27ClN2O4. The Morgan fingerprint density at radius 3 is 2.11 bits per heavy atom. The molecule has 3 N–H and O–H groups in total. The van der Waals surface area contributed by atoms with Crippen molar-refractivity contribution in [1.82, 2.24) is 4.90 Å². The molecule has 2 atom stereocenters. The van der Waals surface area contributed by atoms with Crippen molar-refractivity contribution in [3.8, 4) is 0 Å². The zero-order valence-electron chi connectivity index (χ0n) is 15.3. The van der Waals surface area contributed by atoms with Crippen molar-refractivity contribution in [1.29, 1.82) is 0 Å². The number of halogens is 1. The molecule has 0 saturated carbocycles. The lowest BCUT2D eigenvalue weighted by Gasteiger charge is -2.32. The quantitative estimate of drug-likeness (QED) is 0.561. The van der Waals surface area contributed by atoms with Crippen LogP contribution in [0.1, 0.15) is 25.7 Å². The number of anilines is 1. The molecule has 0 spiro atoms. The fraction of sp³-hybridized carbons (Fsp3) is 0.500. The van der Waals surface area contributed by atoms with Crippen molar-refractivity contribution in [2.24, 2.45) is 11.8 Å². The Balaban J connectivity index is 2.09. The van der Waals surface area contributed by atoms with Gasteiger partial charge in [-0.3, -0.25) is 9.59 Å². The van der Waals surface area contributed by atoms with Gasteiger partial charge in [0.15, 0.2) is 0 Å². The third-order valence-corrected chi connectivity index (χ3v) is 4.93. The topological polar surface area (TPSA) is 89.9 Å². The summed E-state index contributed by atoms with van der Waals surface area (Å²) in [7, 11) is 0. The first-order chi connectivity index (χ1) is 13.1. The fourth-order valence-electron chi connectivity index (χ4n) is 3.23. The van der Waals surface area contributed by atoms with Gasteiger partial charge in [0.05, 0.1) is 11.8 Å². The Morgan fingerprint density at radius 1 is 1.00 bits per heavy atom. The van der Waals surface area contributed by atoms with E-state index in [1.54, 1.807) is 29.2 Å². The first-order valence-corrected chi connectivity index (χ1v) is 9.66. The number of aliphatic hydroxyl groups is 2. The third kappa shape index (κ3) is 6.34. The summed E-state index contributed by atoms with van der Waals surface area (Å²) in [6.45, 7) is 0.823. The molecular weight excluding hydrogens is 368 g/mol. The van der Waals surface area contributed by atoms with Gasteiger partial charge in [0.2, 0.25) is 11.8 Å². The number of amides is 2. The highest BCUT2D eigenvalue weighted by Gasteiger charge is 2.36. The van der Waals surface area contributed by atoms with Gasteiger partial charge in [-0.1, -0.05) is 23.8 Å². The smallest absolute Gasteiger partial charge is 0.228 e. The molecule has 1 aromatic carbocycles. The van der Waals surface area contributed by atoms with Crippen molar-refractivity contribution in [3.63, 3.8) is 0 Å². The van der Waals surface area contributed by atoms with Crippen LogP contribution < -0.4 is 5.32 Å². The molecule has 6 nitrogen and oxygen atoms in total. The lowest BCUT2D eigenvalue weighted by atomic mass is 9.81. The molecule has 0 aliphatic heterocycles. The number of carbonyl (C=O) groups is 2. The van der Waals surface area contributed by atoms with Gasteiger partial charge in [0.1, 0.15) is 0 Å². The highest BCUT2D eigenvalue weighted by Crippen LogP contribution is 2.29. The van der Waals surface area contributed by atoms with Crippen molar-refractivity contribution >= 4 is 29.1 Å². The second-order valence-electron chi connectivity index (χ2n) is 6.63. The molecule has 27 heavy (non-hydrogen) atoms. The number of allylic oxidation sites excluding steroid dienone is 2. The predicted octanol–water partition coefficient (Wildman–Crippen LogP) is 2.45. The van der Waals surface area contributed by atoms with Crippen LogP contribution in [0.15, 0.2) is 36.4 Å². The van der Waals surface area contributed by atoms with E-state index in [2.05, 4.69) is 5.32 Å². The molecule has 0 fully saturated rings. The SMILES string of the molecule is O=C(Nc1ccc(Cl)cc1)C1CC=CCC1C(=O)N(CCCO)CCCO. The fourth-order valence-corrected chi connectivity index (χ4v) is 3.36. The second-order valence-corrected chi connectivity index (χ2v) is 7.07. The van der Waals surface area contributed by atoms with E-state index in [9.17, 15) is 9.59 Å². The number of hydrogen-bond donors (Lipinski definition) is 3. The number of aliphatic hydroxyl groups excluding tert-OH is 2. The second kappa shape index (κ2) is 11.1. The third-order valence-electron chi connectivity index (χ3n) is 4.68. The van der Waals surface area contributed by atoms with Gasteiger partial charge < -0.3 is 20.4 Å². The summed E-state index contributed by atoms with van der Waals surface area (Å²) in [5.41, 5.74) is 0.641. The Hall–Kier alpha value is -1.89. The largest absolute Gasteiger partial charge is 0.396 e. The van der Waals surface area contributed by atoms with E-state index in [0.717, 1.165) is 0 Å². The molecule has 0 radical (unpaired) electrons. The molecule has 1 aliphatic carbocycles. The van der Waals surface area contributed by atoms with Gasteiger partial charge in [0, 0.05) is 37.0 Å². The molecule has 0 saturated heterocycles. The summed E-state index contributed by atoms with van der Waals surface area (Å²) in [5.74, 6) is -1.19. The van der Waals surface area contributed by atoms with E-state index in [4.69, 9.17) is 21.8 Å². The van der Waals surface area contributed by atoms with Crippen LogP contribution in [0.25, 0.3) is 0 Å².